The lowest BCUT2D eigenvalue weighted by Gasteiger charge is -2.12. The third-order valence-corrected chi connectivity index (χ3v) is 2.60. The number of aliphatic hydroxyl groups is 1. The van der Waals surface area contributed by atoms with Crippen LogP contribution in [0.15, 0.2) is 54.9 Å². The number of nitrogens with zero attached hydrogens (tertiary/aromatic N) is 1. The van der Waals surface area contributed by atoms with Gasteiger partial charge in [0.1, 0.15) is 0 Å². The summed E-state index contributed by atoms with van der Waals surface area (Å²) in [4.78, 5) is 3.96. The monoisotopic (exact) mass is 228 g/mol. The fourth-order valence-corrected chi connectivity index (χ4v) is 1.65. The van der Waals surface area contributed by atoms with Gasteiger partial charge in [0, 0.05) is 25.5 Å². The summed E-state index contributed by atoms with van der Waals surface area (Å²) in [7, 11) is 0. The molecule has 0 radical (unpaired) electrons. The highest BCUT2D eigenvalue weighted by atomic mass is 16.3. The Morgan fingerprint density at radius 3 is 2.47 bits per heavy atom. The maximum absolute atomic E-state index is 9.92. The molecule has 0 aliphatic rings. The maximum Gasteiger partial charge on any atom is 0.0914 e. The Bertz CT molecular complexity index is 430. The minimum absolute atomic E-state index is 0.460. The average molecular weight is 228 g/mol. The van der Waals surface area contributed by atoms with E-state index in [-0.39, 0.29) is 0 Å². The van der Waals surface area contributed by atoms with Crippen molar-refractivity contribution in [1.82, 2.24) is 10.3 Å². The minimum atomic E-state index is -0.460. The van der Waals surface area contributed by atoms with Crippen LogP contribution in [0.5, 0.6) is 0 Å². The zero-order valence-electron chi connectivity index (χ0n) is 9.58. The predicted molar refractivity (Wildman–Crippen MR) is 67.3 cm³/mol. The summed E-state index contributed by atoms with van der Waals surface area (Å²) < 4.78 is 0. The van der Waals surface area contributed by atoms with Crippen LogP contribution in [0, 0.1) is 0 Å². The van der Waals surface area contributed by atoms with Crippen molar-refractivity contribution in [3.05, 3.63) is 66.0 Å². The summed E-state index contributed by atoms with van der Waals surface area (Å²) in [6, 6.07) is 13.6. The van der Waals surface area contributed by atoms with E-state index in [0.29, 0.717) is 6.54 Å². The fraction of sp³-hybridized carbons (Fsp3) is 0.214. The molecular weight excluding hydrogens is 212 g/mol. The Labute approximate surface area is 101 Å². The van der Waals surface area contributed by atoms with Crippen molar-refractivity contribution in [3.63, 3.8) is 0 Å². The van der Waals surface area contributed by atoms with Gasteiger partial charge in [-0.1, -0.05) is 30.3 Å². The van der Waals surface area contributed by atoms with Crippen LogP contribution in [0.3, 0.4) is 0 Å². The van der Waals surface area contributed by atoms with Crippen LogP contribution in [0.25, 0.3) is 0 Å². The first-order valence-electron chi connectivity index (χ1n) is 5.69. The lowest BCUT2D eigenvalue weighted by Crippen LogP contribution is -2.20. The number of benzene rings is 1. The largest absolute Gasteiger partial charge is 0.387 e. The molecular formula is C14H16N2O. The van der Waals surface area contributed by atoms with Crippen LogP contribution in [0.1, 0.15) is 17.2 Å². The van der Waals surface area contributed by atoms with Crippen molar-refractivity contribution in [3.8, 4) is 0 Å². The number of nitrogens with one attached hydrogen (secondary N) is 1. The Morgan fingerprint density at radius 2 is 1.76 bits per heavy atom. The zero-order valence-corrected chi connectivity index (χ0v) is 9.58. The lowest BCUT2D eigenvalue weighted by molar-refractivity contribution is 0.174. The summed E-state index contributed by atoms with van der Waals surface area (Å²) in [5.74, 6) is 0. The molecule has 2 rings (SSSR count). The molecule has 2 aromatic rings. The van der Waals surface area contributed by atoms with Gasteiger partial charge in [0.25, 0.3) is 0 Å². The van der Waals surface area contributed by atoms with E-state index >= 15 is 0 Å². The van der Waals surface area contributed by atoms with E-state index in [1.807, 2.05) is 42.5 Å². The molecule has 1 atom stereocenters. The van der Waals surface area contributed by atoms with Gasteiger partial charge in [-0.05, 0) is 23.3 Å². The van der Waals surface area contributed by atoms with E-state index in [0.717, 1.165) is 12.1 Å². The number of hydrogen-bond acceptors (Lipinski definition) is 3. The van der Waals surface area contributed by atoms with Crippen molar-refractivity contribution in [2.24, 2.45) is 0 Å². The SMILES string of the molecule is O[C@@H](CNCc1ccncc1)c1ccccc1. The first kappa shape index (κ1) is 11.8. The highest BCUT2D eigenvalue weighted by molar-refractivity contribution is 5.17. The normalized spacial score (nSPS) is 12.3. The lowest BCUT2D eigenvalue weighted by atomic mass is 10.1. The van der Waals surface area contributed by atoms with Crippen LogP contribution >= 0.6 is 0 Å². The summed E-state index contributed by atoms with van der Waals surface area (Å²) >= 11 is 0. The third kappa shape index (κ3) is 3.66. The van der Waals surface area contributed by atoms with Gasteiger partial charge in [-0.25, -0.2) is 0 Å². The molecule has 0 fully saturated rings. The van der Waals surface area contributed by atoms with Gasteiger partial charge in [0.2, 0.25) is 0 Å². The fourth-order valence-electron chi connectivity index (χ4n) is 1.65. The minimum Gasteiger partial charge on any atom is -0.387 e. The van der Waals surface area contributed by atoms with Crippen molar-refractivity contribution in [1.29, 1.82) is 0 Å². The smallest absolute Gasteiger partial charge is 0.0914 e. The van der Waals surface area contributed by atoms with Gasteiger partial charge in [-0.15, -0.1) is 0 Å². The first-order chi connectivity index (χ1) is 8.36. The Balaban J connectivity index is 1.79. The molecule has 3 nitrogen and oxygen atoms in total. The molecule has 0 saturated carbocycles. The second kappa shape index (κ2) is 6.13. The van der Waals surface area contributed by atoms with Gasteiger partial charge in [0.15, 0.2) is 0 Å². The van der Waals surface area contributed by atoms with Crippen LogP contribution < -0.4 is 5.32 Å². The second-order valence-corrected chi connectivity index (χ2v) is 3.91. The van der Waals surface area contributed by atoms with Gasteiger partial charge < -0.3 is 10.4 Å². The number of aliphatic hydroxyl groups excluding tert-OH is 1. The van der Waals surface area contributed by atoms with Crippen LogP contribution in [-0.4, -0.2) is 16.6 Å². The molecule has 0 aliphatic heterocycles. The van der Waals surface area contributed by atoms with Crippen molar-refractivity contribution < 1.29 is 5.11 Å². The van der Waals surface area contributed by atoms with Crippen molar-refractivity contribution in [2.75, 3.05) is 6.54 Å². The molecule has 3 heteroatoms. The van der Waals surface area contributed by atoms with Gasteiger partial charge in [-0.3, -0.25) is 4.98 Å². The molecule has 0 aliphatic carbocycles. The van der Waals surface area contributed by atoms with Gasteiger partial charge in [0.05, 0.1) is 6.10 Å². The maximum atomic E-state index is 9.92. The van der Waals surface area contributed by atoms with Crippen LogP contribution in [0.4, 0.5) is 0 Å². The standard InChI is InChI=1S/C14H16N2O/c17-14(13-4-2-1-3-5-13)11-16-10-12-6-8-15-9-7-12/h1-9,14,16-17H,10-11H2/t14-/m0/s1. The van der Waals surface area contributed by atoms with E-state index < -0.39 is 6.10 Å². The number of aromatic nitrogens is 1. The van der Waals surface area contributed by atoms with E-state index in [2.05, 4.69) is 10.3 Å². The van der Waals surface area contributed by atoms with E-state index in [4.69, 9.17) is 0 Å². The Kier molecular flexibility index (Phi) is 4.24. The number of rotatable bonds is 5. The third-order valence-electron chi connectivity index (χ3n) is 2.60. The van der Waals surface area contributed by atoms with E-state index in [9.17, 15) is 5.11 Å². The molecule has 88 valence electrons. The topological polar surface area (TPSA) is 45.1 Å². The molecule has 1 heterocycles. The Morgan fingerprint density at radius 1 is 1.06 bits per heavy atom. The molecule has 0 spiro atoms. The van der Waals surface area contributed by atoms with Crippen LogP contribution in [0.2, 0.25) is 0 Å². The van der Waals surface area contributed by atoms with Gasteiger partial charge in [-0.2, -0.15) is 0 Å². The van der Waals surface area contributed by atoms with E-state index in [1.54, 1.807) is 12.4 Å². The molecule has 0 bridgehead atoms. The summed E-state index contributed by atoms with van der Waals surface area (Å²) in [5, 5.41) is 13.1. The number of pyridine rings is 1. The van der Waals surface area contributed by atoms with Crippen molar-refractivity contribution >= 4 is 0 Å². The number of hydrogen-bond donors (Lipinski definition) is 2. The molecule has 1 aromatic heterocycles. The molecule has 1 aromatic carbocycles. The molecule has 0 saturated heterocycles. The highest BCUT2D eigenvalue weighted by Crippen LogP contribution is 2.10. The van der Waals surface area contributed by atoms with Gasteiger partial charge >= 0.3 is 0 Å². The summed E-state index contributed by atoms with van der Waals surface area (Å²) in [6.07, 6.45) is 3.08. The average Bonchev–Trinajstić information content (AvgIpc) is 2.41. The summed E-state index contributed by atoms with van der Waals surface area (Å²) in [6.45, 7) is 1.29. The quantitative estimate of drug-likeness (QED) is 0.821. The van der Waals surface area contributed by atoms with Crippen molar-refractivity contribution in [2.45, 2.75) is 12.6 Å². The zero-order chi connectivity index (χ0) is 11.9. The second-order valence-electron chi connectivity index (χ2n) is 3.91. The molecule has 0 unspecified atom stereocenters. The van der Waals surface area contributed by atoms with E-state index in [1.165, 1.54) is 5.56 Å². The molecule has 2 N–H and O–H groups in total. The highest BCUT2D eigenvalue weighted by Gasteiger charge is 2.05. The predicted octanol–water partition coefficient (Wildman–Crippen LogP) is 1.90. The van der Waals surface area contributed by atoms with Crippen LogP contribution in [-0.2, 0) is 6.54 Å². The Hall–Kier alpha value is -1.71. The molecule has 17 heavy (non-hydrogen) atoms. The summed E-state index contributed by atoms with van der Waals surface area (Å²) in [5.41, 5.74) is 2.11. The molecule has 0 amide bonds. The first-order valence-corrected chi connectivity index (χ1v) is 5.69.